The van der Waals surface area contributed by atoms with Gasteiger partial charge in [0.25, 0.3) is 5.22 Å². The van der Waals surface area contributed by atoms with Crippen LogP contribution in [-0.2, 0) is 4.79 Å². The molecular formula is C19H18FN3O2S. The fourth-order valence-electron chi connectivity index (χ4n) is 2.41. The molecule has 0 bridgehead atoms. The first kappa shape index (κ1) is 18.1. The summed E-state index contributed by atoms with van der Waals surface area (Å²) in [5.41, 5.74) is 2.52. The smallest absolute Gasteiger partial charge is 0.277 e. The lowest BCUT2D eigenvalue weighted by Crippen LogP contribution is -2.15. The van der Waals surface area contributed by atoms with Gasteiger partial charge in [-0.25, -0.2) is 4.39 Å². The Morgan fingerprint density at radius 2 is 1.88 bits per heavy atom. The van der Waals surface area contributed by atoms with E-state index in [2.05, 4.69) is 29.4 Å². The summed E-state index contributed by atoms with van der Waals surface area (Å²) in [5.74, 6) is 0.273. The molecule has 7 heteroatoms. The Morgan fingerprint density at radius 3 is 2.62 bits per heavy atom. The van der Waals surface area contributed by atoms with Gasteiger partial charge in [-0.2, -0.15) is 0 Å². The lowest BCUT2D eigenvalue weighted by molar-refractivity contribution is -0.113. The number of para-hydroxylation sites is 1. The molecule has 0 saturated heterocycles. The third kappa shape index (κ3) is 4.49. The first-order valence-corrected chi connectivity index (χ1v) is 9.12. The highest BCUT2D eigenvalue weighted by atomic mass is 32.2. The molecule has 5 nitrogen and oxygen atoms in total. The van der Waals surface area contributed by atoms with E-state index in [1.165, 1.54) is 12.1 Å². The average molecular weight is 371 g/mol. The number of carbonyl (C=O) groups is 1. The summed E-state index contributed by atoms with van der Waals surface area (Å²) < 4.78 is 18.5. The van der Waals surface area contributed by atoms with Gasteiger partial charge in [0.05, 0.1) is 5.75 Å². The van der Waals surface area contributed by atoms with E-state index in [4.69, 9.17) is 4.42 Å². The van der Waals surface area contributed by atoms with Crippen LogP contribution >= 0.6 is 11.8 Å². The lowest BCUT2D eigenvalue weighted by Gasteiger charge is -2.13. The fourth-order valence-corrected chi connectivity index (χ4v) is 2.97. The molecule has 0 unspecified atom stereocenters. The summed E-state index contributed by atoms with van der Waals surface area (Å²) in [7, 11) is 0. The molecule has 0 aliphatic heterocycles. The molecule has 1 heterocycles. The minimum Gasteiger partial charge on any atom is -0.411 e. The Morgan fingerprint density at radius 1 is 1.15 bits per heavy atom. The molecule has 1 N–H and O–H groups in total. The van der Waals surface area contributed by atoms with Crippen LogP contribution in [0.25, 0.3) is 11.5 Å². The molecule has 3 aromatic rings. The maximum Gasteiger partial charge on any atom is 0.277 e. The van der Waals surface area contributed by atoms with Crippen molar-refractivity contribution in [3.05, 3.63) is 59.9 Å². The molecule has 0 aliphatic rings. The van der Waals surface area contributed by atoms with Crippen molar-refractivity contribution in [3.8, 4) is 11.5 Å². The zero-order valence-corrected chi connectivity index (χ0v) is 15.2. The highest BCUT2D eigenvalue weighted by molar-refractivity contribution is 7.99. The first-order valence-electron chi connectivity index (χ1n) is 8.14. The van der Waals surface area contributed by atoms with Gasteiger partial charge >= 0.3 is 0 Å². The van der Waals surface area contributed by atoms with Crippen molar-refractivity contribution < 1.29 is 13.6 Å². The van der Waals surface area contributed by atoms with E-state index in [9.17, 15) is 9.18 Å². The van der Waals surface area contributed by atoms with Crippen LogP contribution in [0.1, 0.15) is 25.3 Å². The van der Waals surface area contributed by atoms with E-state index in [1.54, 1.807) is 12.1 Å². The number of rotatable bonds is 6. The summed E-state index contributed by atoms with van der Waals surface area (Å²) in [5, 5.41) is 11.0. The highest BCUT2D eigenvalue weighted by Crippen LogP contribution is 2.25. The molecular weight excluding hydrogens is 353 g/mol. The third-order valence-electron chi connectivity index (χ3n) is 3.68. The van der Waals surface area contributed by atoms with Crippen LogP contribution in [0, 0.1) is 5.82 Å². The molecule has 0 spiro atoms. The number of anilines is 1. The van der Waals surface area contributed by atoms with E-state index >= 15 is 0 Å². The van der Waals surface area contributed by atoms with Crippen molar-refractivity contribution in [2.75, 3.05) is 11.1 Å². The van der Waals surface area contributed by atoms with Gasteiger partial charge in [0.15, 0.2) is 0 Å². The lowest BCUT2D eigenvalue weighted by atomic mass is 10.0. The van der Waals surface area contributed by atoms with E-state index in [0.29, 0.717) is 11.5 Å². The number of benzene rings is 2. The van der Waals surface area contributed by atoms with Crippen molar-refractivity contribution in [1.82, 2.24) is 10.2 Å². The largest absolute Gasteiger partial charge is 0.411 e. The summed E-state index contributed by atoms with van der Waals surface area (Å²) in [4.78, 5) is 12.2. The Balaban J connectivity index is 1.59. The summed E-state index contributed by atoms with van der Waals surface area (Å²) in [6.45, 7) is 4.16. The SMILES string of the molecule is CC(C)c1ccccc1NC(=O)CSc1nnc(-c2ccc(F)cc2)o1. The molecule has 0 fully saturated rings. The van der Waals surface area contributed by atoms with Crippen LogP contribution in [0.15, 0.2) is 58.2 Å². The van der Waals surface area contributed by atoms with Crippen molar-refractivity contribution in [1.29, 1.82) is 0 Å². The van der Waals surface area contributed by atoms with E-state index in [1.807, 2.05) is 24.3 Å². The number of aromatic nitrogens is 2. The van der Waals surface area contributed by atoms with Crippen molar-refractivity contribution >= 4 is 23.4 Å². The van der Waals surface area contributed by atoms with Crippen LogP contribution in [0.4, 0.5) is 10.1 Å². The first-order chi connectivity index (χ1) is 12.5. The van der Waals surface area contributed by atoms with Gasteiger partial charge in [-0.3, -0.25) is 4.79 Å². The number of hydrogen-bond donors (Lipinski definition) is 1. The van der Waals surface area contributed by atoms with Crippen LogP contribution in [0.5, 0.6) is 0 Å². The predicted octanol–water partition coefficient (Wildman–Crippen LogP) is 4.73. The Hall–Kier alpha value is -2.67. The van der Waals surface area contributed by atoms with Gasteiger partial charge in [0.1, 0.15) is 5.82 Å². The fraction of sp³-hybridized carbons (Fsp3) is 0.211. The van der Waals surface area contributed by atoms with Crippen LogP contribution < -0.4 is 5.32 Å². The zero-order chi connectivity index (χ0) is 18.5. The maximum absolute atomic E-state index is 13.0. The topological polar surface area (TPSA) is 68.0 Å². The van der Waals surface area contributed by atoms with E-state index in [-0.39, 0.29) is 28.6 Å². The summed E-state index contributed by atoms with van der Waals surface area (Å²) in [6.07, 6.45) is 0. The average Bonchev–Trinajstić information content (AvgIpc) is 3.10. The number of nitrogens with one attached hydrogen (secondary N) is 1. The van der Waals surface area contributed by atoms with Gasteiger partial charge in [0.2, 0.25) is 11.8 Å². The van der Waals surface area contributed by atoms with Crippen LogP contribution in [-0.4, -0.2) is 21.9 Å². The second-order valence-corrected chi connectivity index (χ2v) is 6.89. The van der Waals surface area contributed by atoms with E-state index in [0.717, 1.165) is 23.0 Å². The molecule has 0 radical (unpaired) electrons. The van der Waals surface area contributed by atoms with Gasteiger partial charge < -0.3 is 9.73 Å². The van der Waals surface area contributed by atoms with Gasteiger partial charge in [0, 0.05) is 11.3 Å². The maximum atomic E-state index is 13.0. The highest BCUT2D eigenvalue weighted by Gasteiger charge is 2.13. The molecule has 0 atom stereocenters. The molecule has 2 aromatic carbocycles. The molecule has 26 heavy (non-hydrogen) atoms. The molecule has 0 saturated carbocycles. The molecule has 1 aromatic heterocycles. The number of amides is 1. The second-order valence-electron chi connectivity index (χ2n) is 5.96. The molecule has 3 rings (SSSR count). The minimum atomic E-state index is -0.332. The van der Waals surface area contributed by atoms with Crippen molar-refractivity contribution in [3.63, 3.8) is 0 Å². The predicted molar refractivity (Wildman–Crippen MR) is 99.6 cm³/mol. The molecule has 0 aliphatic carbocycles. The number of hydrogen-bond acceptors (Lipinski definition) is 5. The monoisotopic (exact) mass is 371 g/mol. The second kappa shape index (κ2) is 8.14. The van der Waals surface area contributed by atoms with Crippen molar-refractivity contribution in [2.45, 2.75) is 25.0 Å². The van der Waals surface area contributed by atoms with Gasteiger partial charge in [-0.1, -0.05) is 43.8 Å². The van der Waals surface area contributed by atoms with Gasteiger partial charge in [-0.05, 0) is 41.8 Å². The number of thioether (sulfide) groups is 1. The summed E-state index contributed by atoms with van der Waals surface area (Å²) in [6, 6.07) is 13.5. The molecule has 1 amide bonds. The minimum absolute atomic E-state index is 0.148. The van der Waals surface area contributed by atoms with Crippen molar-refractivity contribution in [2.24, 2.45) is 0 Å². The van der Waals surface area contributed by atoms with Crippen LogP contribution in [0.2, 0.25) is 0 Å². The standard InChI is InChI=1S/C19H18FN3O2S/c1-12(2)15-5-3-4-6-16(15)21-17(24)11-26-19-23-22-18(25-19)13-7-9-14(20)10-8-13/h3-10,12H,11H2,1-2H3,(H,21,24). The van der Waals surface area contributed by atoms with Gasteiger partial charge in [-0.15, -0.1) is 10.2 Å². The number of carbonyl (C=O) groups excluding carboxylic acids is 1. The Kier molecular flexibility index (Phi) is 5.68. The number of nitrogens with zero attached hydrogens (tertiary/aromatic N) is 2. The quantitative estimate of drug-likeness (QED) is 0.635. The Labute approximate surface area is 155 Å². The normalized spacial score (nSPS) is 10.9. The third-order valence-corrected chi connectivity index (χ3v) is 4.50. The Bertz CT molecular complexity index is 894. The zero-order valence-electron chi connectivity index (χ0n) is 14.4. The molecule has 134 valence electrons. The van der Waals surface area contributed by atoms with E-state index < -0.39 is 0 Å². The van der Waals surface area contributed by atoms with Crippen LogP contribution in [0.3, 0.4) is 0 Å². The summed E-state index contributed by atoms with van der Waals surface area (Å²) >= 11 is 1.15. The number of halogens is 1.